The van der Waals surface area contributed by atoms with Crippen molar-refractivity contribution in [1.29, 1.82) is 0 Å². The summed E-state index contributed by atoms with van der Waals surface area (Å²) in [7, 11) is 2.34. The number of carbonyl (C=O) groups is 1. The fourth-order valence-electron chi connectivity index (χ4n) is 3.86. The molecule has 0 aliphatic rings. The Labute approximate surface area is 225 Å². The highest BCUT2D eigenvalue weighted by molar-refractivity contribution is 7.46. The molecule has 0 spiro atoms. The van der Waals surface area contributed by atoms with Crippen LogP contribution in [0.5, 0.6) is 5.88 Å². The number of phosphoric ester groups is 1. The first-order valence-corrected chi connectivity index (χ1v) is 13.3. The summed E-state index contributed by atoms with van der Waals surface area (Å²) >= 11 is 0. The van der Waals surface area contributed by atoms with Crippen molar-refractivity contribution in [2.75, 3.05) is 39.7 Å². The fraction of sp³-hybridized carbons (Fsp3) is 0.231. The van der Waals surface area contributed by atoms with Gasteiger partial charge in [0, 0.05) is 72.6 Å². The summed E-state index contributed by atoms with van der Waals surface area (Å²) in [5, 5.41) is 0.705. The van der Waals surface area contributed by atoms with E-state index in [1.807, 2.05) is 31.1 Å². The van der Waals surface area contributed by atoms with Gasteiger partial charge in [-0.25, -0.2) is 14.5 Å². The Hall–Kier alpha value is -3.93. The maximum Gasteiger partial charge on any atom is 0.471 e. The van der Waals surface area contributed by atoms with Crippen LogP contribution in [0.2, 0.25) is 0 Å². The molecule has 0 fully saturated rings. The molecule has 0 saturated carbocycles. The van der Waals surface area contributed by atoms with Gasteiger partial charge in [-0.3, -0.25) is 14.3 Å². The van der Waals surface area contributed by atoms with Crippen molar-refractivity contribution in [3.8, 4) is 28.1 Å². The summed E-state index contributed by atoms with van der Waals surface area (Å²) in [5.74, 6) is 0.230. The minimum atomic E-state index is -4.70. The van der Waals surface area contributed by atoms with E-state index in [9.17, 15) is 19.1 Å². The van der Waals surface area contributed by atoms with Gasteiger partial charge in [-0.15, -0.1) is 0 Å². The average molecular weight is 553 g/mol. The van der Waals surface area contributed by atoms with Gasteiger partial charge in [0.05, 0.1) is 19.0 Å². The summed E-state index contributed by atoms with van der Waals surface area (Å²) in [6, 6.07) is 7.29. The number of pyridine rings is 3. The van der Waals surface area contributed by atoms with Gasteiger partial charge in [0.15, 0.2) is 0 Å². The molecule has 4 aromatic heterocycles. The van der Waals surface area contributed by atoms with Gasteiger partial charge in [-0.1, -0.05) is 6.08 Å². The molecule has 39 heavy (non-hydrogen) atoms. The zero-order valence-corrected chi connectivity index (χ0v) is 22.8. The molecule has 0 atom stereocenters. The van der Waals surface area contributed by atoms with E-state index in [0.29, 0.717) is 29.1 Å². The number of likely N-dealkylation sites (N-methyl/N-ethyl adjacent to an activating group) is 2. The molecule has 4 rings (SSSR count). The van der Waals surface area contributed by atoms with Crippen molar-refractivity contribution >= 4 is 30.5 Å². The summed E-state index contributed by atoms with van der Waals surface area (Å²) in [5.41, 5.74) is 4.03. The molecular formula is C26H29N6O6P. The minimum absolute atomic E-state index is 0.180. The first-order valence-electron chi connectivity index (χ1n) is 11.8. The molecule has 4 heterocycles. The molecule has 0 saturated heterocycles. The number of ether oxygens (including phenoxy) is 1. The third kappa shape index (κ3) is 6.94. The quantitative estimate of drug-likeness (QED) is 0.222. The Morgan fingerprint density at radius 2 is 1.85 bits per heavy atom. The fourth-order valence-corrected chi connectivity index (χ4v) is 4.13. The molecule has 4 aromatic rings. The van der Waals surface area contributed by atoms with Gasteiger partial charge in [0.2, 0.25) is 11.8 Å². The second-order valence-corrected chi connectivity index (χ2v) is 10.2. The molecule has 204 valence electrons. The first-order chi connectivity index (χ1) is 18.6. The zero-order valence-electron chi connectivity index (χ0n) is 21.9. The van der Waals surface area contributed by atoms with Crippen molar-refractivity contribution < 1.29 is 28.4 Å². The molecule has 0 unspecified atom stereocenters. The summed E-state index contributed by atoms with van der Waals surface area (Å²) in [6.07, 6.45) is 11.5. The van der Waals surface area contributed by atoms with Crippen LogP contribution >= 0.6 is 7.82 Å². The van der Waals surface area contributed by atoms with Crippen molar-refractivity contribution in [2.45, 2.75) is 6.73 Å². The van der Waals surface area contributed by atoms with Crippen LogP contribution < -0.4 is 9.64 Å². The molecule has 0 aromatic carbocycles. The summed E-state index contributed by atoms with van der Waals surface area (Å²) < 4.78 is 22.8. The van der Waals surface area contributed by atoms with Crippen molar-refractivity contribution in [1.82, 2.24) is 24.4 Å². The van der Waals surface area contributed by atoms with Crippen molar-refractivity contribution in [3.63, 3.8) is 0 Å². The third-order valence-corrected chi connectivity index (χ3v) is 6.29. The molecule has 13 heteroatoms. The second kappa shape index (κ2) is 11.9. The highest BCUT2D eigenvalue weighted by Gasteiger charge is 2.19. The van der Waals surface area contributed by atoms with E-state index in [4.69, 9.17) is 9.26 Å². The van der Waals surface area contributed by atoms with E-state index in [1.165, 1.54) is 22.7 Å². The highest BCUT2D eigenvalue weighted by Crippen LogP contribution is 2.38. The largest absolute Gasteiger partial charge is 0.481 e. The van der Waals surface area contributed by atoms with Crippen molar-refractivity contribution in [3.05, 3.63) is 67.4 Å². The number of aromatic nitrogens is 4. The number of fused-ring (bicyclic) bond motifs is 1. The van der Waals surface area contributed by atoms with Gasteiger partial charge < -0.3 is 28.9 Å². The second-order valence-electron chi connectivity index (χ2n) is 8.94. The topological polar surface area (TPSA) is 143 Å². The third-order valence-electron chi connectivity index (χ3n) is 5.84. The number of rotatable bonds is 10. The number of carbonyl (C=O) groups excluding carboxylic acids is 1. The smallest absolute Gasteiger partial charge is 0.471 e. The Bertz CT molecular complexity index is 1560. The van der Waals surface area contributed by atoms with E-state index < -0.39 is 14.6 Å². The van der Waals surface area contributed by atoms with Crippen LogP contribution in [0.15, 0.2) is 67.4 Å². The van der Waals surface area contributed by atoms with E-state index in [-0.39, 0.29) is 5.91 Å². The van der Waals surface area contributed by atoms with Gasteiger partial charge >= 0.3 is 7.82 Å². The predicted octanol–water partition coefficient (Wildman–Crippen LogP) is 3.32. The average Bonchev–Trinajstić information content (AvgIpc) is 3.29. The van der Waals surface area contributed by atoms with Gasteiger partial charge in [0.25, 0.3) is 0 Å². The maximum absolute atomic E-state index is 12.6. The lowest BCUT2D eigenvalue weighted by Crippen LogP contribution is -2.24. The molecule has 0 aliphatic heterocycles. The van der Waals surface area contributed by atoms with Crippen LogP contribution in [0.4, 0.5) is 5.69 Å². The van der Waals surface area contributed by atoms with E-state index >= 15 is 0 Å². The summed E-state index contributed by atoms with van der Waals surface area (Å²) in [4.78, 5) is 47.6. The Morgan fingerprint density at radius 3 is 2.56 bits per heavy atom. The summed E-state index contributed by atoms with van der Waals surface area (Å²) in [6.45, 7) is 0.245. The number of methoxy groups -OCH3 is 1. The molecule has 0 bridgehead atoms. The lowest BCUT2D eigenvalue weighted by Gasteiger charge is -2.16. The van der Waals surface area contributed by atoms with Gasteiger partial charge in [-0.2, -0.15) is 0 Å². The number of hydrogen-bond donors (Lipinski definition) is 2. The van der Waals surface area contributed by atoms with E-state index in [0.717, 1.165) is 22.3 Å². The monoisotopic (exact) mass is 552 g/mol. The Kier molecular flexibility index (Phi) is 8.54. The number of phosphoric acid groups is 1. The molecule has 0 radical (unpaired) electrons. The molecule has 0 aliphatic carbocycles. The van der Waals surface area contributed by atoms with Gasteiger partial charge in [-0.05, 0) is 37.9 Å². The minimum Gasteiger partial charge on any atom is -0.481 e. The van der Waals surface area contributed by atoms with Crippen LogP contribution in [0, 0.1) is 0 Å². The van der Waals surface area contributed by atoms with Crippen molar-refractivity contribution in [2.24, 2.45) is 0 Å². The first kappa shape index (κ1) is 28.1. The number of anilines is 1. The van der Waals surface area contributed by atoms with Crippen LogP contribution in [0.25, 0.3) is 33.3 Å². The Balaban J connectivity index is 1.74. The normalized spacial score (nSPS) is 12.0. The standard InChI is InChI=1S/C26H29N6O6P/c1-30(2)9-5-6-25(33)31(3)21-10-19(13-27-15-21)20-11-22-23(18-7-8-28-24(12-18)37-4)16-32(26(22)29-14-20)17-38-39(34,35)36/h5-8,10-16H,9,17H2,1-4H3,(H2,34,35,36)/b6-5+. The predicted molar refractivity (Wildman–Crippen MR) is 147 cm³/mol. The molecule has 2 N–H and O–H groups in total. The Morgan fingerprint density at radius 1 is 1.08 bits per heavy atom. The molecule has 1 amide bonds. The maximum atomic E-state index is 12.6. The number of amides is 1. The van der Waals surface area contributed by atoms with Crippen LogP contribution in [0.1, 0.15) is 0 Å². The SMILES string of the molecule is COc1cc(-c2cn(COP(=O)(O)O)c3ncc(-c4cncc(N(C)C(=O)/C=C/CN(C)C)c4)cc23)ccn1. The number of nitrogens with zero attached hydrogens (tertiary/aromatic N) is 6. The lowest BCUT2D eigenvalue weighted by atomic mass is 10.0. The molecular weight excluding hydrogens is 523 g/mol. The van der Waals surface area contributed by atoms with Crippen LogP contribution in [-0.4, -0.2) is 74.9 Å². The lowest BCUT2D eigenvalue weighted by molar-refractivity contribution is -0.113. The van der Waals surface area contributed by atoms with E-state index in [2.05, 4.69) is 15.0 Å². The highest BCUT2D eigenvalue weighted by atomic mass is 31.2. The zero-order chi connectivity index (χ0) is 28.2. The van der Waals surface area contributed by atoms with Crippen LogP contribution in [0.3, 0.4) is 0 Å². The van der Waals surface area contributed by atoms with Gasteiger partial charge in [0.1, 0.15) is 12.4 Å². The number of hydrogen-bond acceptors (Lipinski definition) is 8. The van der Waals surface area contributed by atoms with E-state index in [1.54, 1.807) is 56.2 Å². The van der Waals surface area contributed by atoms with Crippen LogP contribution in [-0.2, 0) is 20.6 Å². The molecule has 12 nitrogen and oxygen atoms in total.